The van der Waals surface area contributed by atoms with Crippen LogP contribution >= 0.6 is 24.0 Å². The lowest BCUT2D eigenvalue weighted by Gasteiger charge is -2.25. The lowest BCUT2D eigenvalue weighted by molar-refractivity contribution is 0.315. The van der Waals surface area contributed by atoms with Crippen molar-refractivity contribution in [2.45, 2.75) is 25.8 Å². The van der Waals surface area contributed by atoms with Crippen LogP contribution in [0.25, 0.3) is 0 Å². The Labute approximate surface area is 123 Å². The van der Waals surface area contributed by atoms with Crippen LogP contribution in [0.2, 0.25) is 0 Å². The molecule has 0 spiro atoms. The number of hydrogen-bond donors (Lipinski definition) is 2. The van der Waals surface area contributed by atoms with Gasteiger partial charge in [0.25, 0.3) is 0 Å². The van der Waals surface area contributed by atoms with Crippen molar-refractivity contribution in [1.29, 1.82) is 0 Å². The number of rotatable bonds is 4. The van der Waals surface area contributed by atoms with Gasteiger partial charge in [0.2, 0.25) is 0 Å². The number of nitrogens with zero attached hydrogens (tertiary/aromatic N) is 2. The van der Waals surface area contributed by atoms with Gasteiger partial charge in [-0.25, -0.2) is 9.38 Å². The van der Waals surface area contributed by atoms with Gasteiger partial charge in [0.05, 0.1) is 18.4 Å². The number of aliphatic imine (C=N–C) groups is 1. The molecule has 4 nitrogen and oxygen atoms in total. The van der Waals surface area contributed by atoms with E-state index in [1.165, 1.54) is 31.5 Å². The molecule has 1 fully saturated rings. The Bertz CT molecular complexity index is 390. The summed E-state index contributed by atoms with van der Waals surface area (Å²) in [5, 5.41) is 3.09. The molecule has 2 rings (SSSR count). The third kappa shape index (κ3) is 4.75. The van der Waals surface area contributed by atoms with Crippen molar-refractivity contribution in [3.05, 3.63) is 29.8 Å². The average molecular weight is 364 g/mol. The predicted octanol–water partition coefficient (Wildman–Crippen LogP) is 2.04. The molecule has 0 aromatic carbocycles. The Morgan fingerprint density at radius 3 is 2.83 bits per heavy atom. The lowest BCUT2D eigenvalue weighted by Crippen LogP contribution is -2.37. The van der Waals surface area contributed by atoms with Gasteiger partial charge < -0.3 is 11.1 Å². The fraction of sp³-hybridized carbons (Fsp3) is 0.500. The minimum atomic E-state index is -0.339. The van der Waals surface area contributed by atoms with Gasteiger partial charge in [-0.1, -0.05) is 6.42 Å². The van der Waals surface area contributed by atoms with Gasteiger partial charge in [0.1, 0.15) is 5.82 Å². The maximum absolute atomic E-state index is 12.6. The van der Waals surface area contributed by atoms with Crippen LogP contribution in [0.15, 0.2) is 23.3 Å². The molecule has 1 aliphatic rings. The summed E-state index contributed by atoms with van der Waals surface area (Å²) in [6, 6.07) is 2.98. The third-order valence-corrected chi connectivity index (χ3v) is 3.00. The number of guanidine groups is 1. The molecule has 1 saturated carbocycles. The van der Waals surface area contributed by atoms with E-state index >= 15 is 0 Å². The highest BCUT2D eigenvalue weighted by Crippen LogP contribution is 2.24. The molecule has 1 heterocycles. The molecule has 1 aromatic rings. The largest absolute Gasteiger partial charge is 0.370 e. The van der Waals surface area contributed by atoms with Gasteiger partial charge in [-0.3, -0.25) is 4.98 Å². The quantitative estimate of drug-likeness (QED) is 0.488. The van der Waals surface area contributed by atoms with Crippen molar-refractivity contribution in [2.24, 2.45) is 16.6 Å². The van der Waals surface area contributed by atoms with Crippen LogP contribution in [0.1, 0.15) is 25.0 Å². The van der Waals surface area contributed by atoms with Crippen molar-refractivity contribution in [3.63, 3.8) is 0 Å². The zero-order valence-electron chi connectivity index (χ0n) is 10.1. The summed E-state index contributed by atoms with van der Waals surface area (Å²) >= 11 is 0. The molecule has 6 heteroatoms. The minimum Gasteiger partial charge on any atom is -0.370 e. The van der Waals surface area contributed by atoms with Crippen LogP contribution in [-0.4, -0.2) is 17.5 Å². The number of nitrogens with one attached hydrogen (secondary N) is 1. The zero-order chi connectivity index (χ0) is 12.1. The Morgan fingerprint density at radius 2 is 2.28 bits per heavy atom. The first-order valence-corrected chi connectivity index (χ1v) is 5.88. The van der Waals surface area contributed by atoms with Crippen LogP contribution in [0, 0.1) is 11.7 Å². The van der Waals surface area contributed by atoms with Crippen molar-refractivity contribution >= 4 is 29.9 Å². The van der Waals surface area contributed by atoms with Crippen molar-refractivity contribution in [1.82, 2.24) is 10.3 Å². The van der Waals surface area contributed by atoms with Gasteiger partial charge in [-0.2, -0.15) is 0 Å². The van der Waals surface area contributed by atoms with E-state index in [4.69, 9.17) is 5.73 Å². The second kappa shape index (κ2) is 7.50. The lowest BCUT2D eigenvalue weighted by atomic mass is 9.85. The van der Waals surface area contributed by atoms with Crippen LogP contribution in [0.3, 0.4) is 0 Å². The molecule has 0 saturated heterocycles. The van der Waals surface area contributed by atoms with E-state index in [2.05, 4.69) is 15.3 Å². The van der Waals surface area contributed by atoms with Gasteiger partial charge >= 0.3 is 0 Å². The summed E-state index contributed by atoms with van der Waals surface area (Å²) in [5.74, 6) is 0.838. The first kappa shape index (κ1) is 15.1. The van der Waals surface area contributed by atoms with Crippen LogP contribution < -0.4 is 11.1 Å². The summed E-state index contributed by atoms with van der Waals surface area (Å²) in [4.78, 5) is 8.06. The zero-order valence-corrected chi connectivity index (χ0v) is 12.4. The van der Waals surface area contributed by atoms with E-state index < -0.39 is 0 Å². The second-order valence-corrected chi connectivity index (χ2v) is 4.35. The number of halogens is 2. The van der Waals surface area contributed by atoms with Crippen molar-refractivity contribution < 1.29 is 4.39 Å². The number of aromatic nitrogens is 1. The van der Waals surface area contributed by atoms with E-state index in [1.54, 1.807) is 6.07 Å². The maximum atomic E-state index is 12.6. The molecule has 0 aliphatic heterocycles. The molecular formula is C12H18FIN4. The number of pyridine rings is 1. The fourth-order valence-electron chi connectivity index (χ4n) is 1.67. The smallest absolute Gasteiger partial charge is 0.188 e. The molecule has 0 radical (unpaired) electrons. The van der Waals surface area contributed by atoms with E-state index in [-0.39, 0.29) is 29.8 Å². The van der Waals surface area contributed by atoms with E-state index in [0.717, 1.165) is 12.5 Å². The topological polar surface area (TPSA) is 63.3 Å². The molecule has 0 unspecified atom stereocenters. The van der Waals surface area contributed by atoms with Gasteiger partial charge in [0, 0.05) is 6.54 Å². The number of nitrogens with two attached hydrogens (primary N) is 1. The molecule has 0 bridgehead atoms. The Kier molecular flexibility index (Phi) is 6.31. The molecule has 100 valence electrons. The monoisotopic (exact) mass is 364 g/mol. The van der Waals surface area contributed by atoms with Crippen molar-refractivity contribution in [3.8, 4) is 0 Å². The molecule has 0 amide bonds. The Balaban J connectivity index is 0.00000162. The Morgan fingerprint density at radius 1 is 1.50 bits per heavy atom. The average Bonchev–Trinajstić information content (AvgIpc) is 2.26. The van der Waals surface area contributed by atoms with Crippen molar-refractivity contribution in [2.75, 3.05) is 6.54 Å². The standard InChI is InChI=1S/C12H17FN4.HI/c13-10-4-5-11(15-7-10)8-17-12(14)16-6-9-2-1-3-9;/h4-5,7,9H,1-3,6,8H2,(H3,14,16,17);1H. The first-order valence-electron chi connectivity index (χ1n) is 5.88. The fourth-order valence-corrected chi connectivity index (χ4v) is 1.67. The van der Waals surface area contributed by atoms with E-state index in [9.17, 15) is 4.39 Å². The van der Waals surface area contributed by atoms with E-state index in [1.807, 2.05) is 0 Å². The molecule has 0 atom stereocenters. The molecule has 3 N–H and O–H groups in total. The predicted molar refractivity (Wildman–Crippen MR) is 80.3 cm³/mol. The highest BCUT2D eigenvalue weighted by molar-refractivity contribution is 14.0. The van der Waals surface area contributed by atoms with Gasteiger partial charge in [-0.05, 0) is 30.9 Å². The summed E-state index contributed by atoms with van der Waals surface area (Å²) in [6.07, 6.45) is 5.06. The SMILES string of the molecule is I.NC(=NCc1ccc(F)cn1)NCC1CCC1. The highest BCUT2D eigenvalue weighted by Gasteiger charge is 2.16. The first-order chi connectivity index (χ1) is 8.24. The highest BCUT2D eigenvalue weighted by atomic mass is 127. The summed E-state index contributed by atoms with van der Waals surface area (Å²) in [6.45, 7) is 1.27. The Hall–Kier alpha value is -0.920. The molecule has 1 aliphatic carbocycles. The maximum Gasteiger partial charge on any atom is 0.188 e. The van der Waals surface area contributed by atoms with Gasteiger partial charge in [-0.15, -0.1) is 24.0 Å². The van der Waals surface area contributed by atoms with Gasteiger partial charge in [0.15, 0.2) is 5.96 Å². The van der Waals surface area contributed by atoms with Crippen LogP contribution in [0.4, 0.5) is 4.39 Å². The normalized spacial score (nSPS) is 15.7. The summed E-state index contributed by atoms with van der Waals surface area (Å²) < 4.78 is 12.6. The van der Waals surface area contributed by atoms with Crippen LogP contribution in [0.5, 0.6) is 0 Å². The molecule has 18 heavy (non-hydrogen) atoms. The molecule has 1 aromatic heterocycles. The molecular weight excluding hydrogens is 346 g/mol. The minimum absolute atomic E-state index is 0. The third-order valence-electron chi connectivity index (χ3n) is 3.00. The second-order valence-electron chi connectivity index (χ2n) is 4.35. The van der Waals surface area contributed by atoms with E-state index in [0.29, 0.717) is 18.2 Å². The summed E-state index contributed by atoms with van der Waals surface area (Å²) in [5.41, 5.74) is 6.42. The number of hydrogen-bond acceptors (Lipinski definition) is 2. The van der Waals surface area contributed by atoms with Crippen LogP contribution in [-0.2, 0) is 6.54 Å². The summed E-state index contributed by atoms with van der Waals surface area (Å²) in [7, 11) is 0.